The van der Waals surface area contributed by atoms with Gasteiger partial charge in [-0.05, 0) is 23.8 Å². The second-order valence-corrected chi connectivity index (χ2v) is 6.02. The van der Waals surface area contributed by atoms with E-state index in [-0.39, 0.29) is 5.75 Å². The first-order valence-electron chi connectivity index (χ1n) is 6.70. The summed E-state index contributed by atoms with van der Waals surface area (Å²) in [6.45, 7) is 0. The third-order valence-electron chi connectivity index (χ3n) is 3.28. The molecule has 3 aromatic rings. The Morgan fingerprint density at radius 1 is 1.19 bits per heavy atom. The zero-order valence-corrected chi connectivity index (χ0v) is 12.8. The van der Waals surface area contributed by atoms with Crippen LogP contribution in [0.5, 0.6) is 5.75 Å². The molecule has 0 amide bonds. The molecule has 0 fully saturated rings. The van der Waals surface area contributed by atoms with E-state index in [2.05, 4.69) is 33.1 Å². The normalized spacial score (nSPS) is 11.0. The minimum absolute atomic E-state index is 0.239. The number of phenols is 1. The number of aromatic amines is 1. The number of thioether (sulfide) groups is 1. The van der Waals surface area contributed by atoms with Crippen molar-refractivity contribution in [2.24, 2.45) is 0 Å². The van der Waals surface area contributed by atoms with Gasteiger partial charge >= 0.3 is 0 Å². The van der Waals surface area contributed by atoms with Crippen molar-refractivity contribution < 1.29 is 5.11 Å². The molecular formula is C16H17N3OS. The van der Waals surface area contributed by atoms with Crippen LogP contribution < -0.4 is 4.90 Å². The Kier molecular flexibility index (Phi) is 3.75. The van der Waals surface area contributed by atoms with Crippen LogP contribution in [-0.4, -0.2) is 29.2 Å². The number of benzene rings is 2. The summed E-state index contributed by atoms with van der Waals surface area (Å²) in [5.74, 6) is 1.09. The van der Waals surface area contributed by atoms with Crippen LogP contribution in [0.4, 0.5) is 5.69 Å². The summed E-state index contributed by atoms with van der Waals surface area (Å²) in [7, 11) is 4.10. The predicted octanol–water partition coefficient (Wildman–Crippen LogP) is 3.63. The first-order chi connectivity index (χ1) is 10.1. The molecule has 0 unspecified atom stereocenters. The summed E-state index contributed by atoms with van der Waals surface area (Å²) in [5, 5.41) is 10.3. The lowest BCUT2D eigenvalue weighted by molar-refractivity contribution is 0.476. The fourth-order valence-electron chi connectivity index (χ4n) is 2.25. The minimum Gasteiger partial charge on any atom is -0.508 e. The molecule has 21 heavy (non-hydrogen) atoms. The number of nitrogens with zero attached hydrogens (tertiary/aromatic N) is 2. The number of fused-ring (bicyclic) bond motifs is 1. The summed E-state index contributed by atoms with van der Waals surface area (Å²) in [6, 6.07) is 13.5. The smallest absolute Gasteiger partial charge is 0.166 e. The number of aromatic nitrogens is 2. The molecule has 4 nitrogen and oxygen atoms in total. The molecule has 0 saturated heterocycles. The van der Waals surface area contributed by atoms with Crippen LogP contribution in [0, 0.1) is 0 Å². The maximum atomic E-state index is 9.48. The van der Waals surface area contributed by atoms with Crippen LogP contribution in [0.1, 0.15) is 5.56 Å². The Balaban J connectivity index is 1.80. The van der Waals surface area contributed by atoms with Crippen molar-refractivity contribution in [3.8, 4) is 5.75 Å². The lowest BCUT2D eigenvalue weighted by Crippen LogP contribution is -2.10. The van der Waals surface area contributed by atoms with Gasteiger partial charge in [0, 0.05) is 31.6 Å². The number of para-hydroxylation sites is 1. The molecule has 2 N–H and O–H groups in total. The highest BCUT2D eigenvalue weighted by Crippen LogP contribution is 2.28. The zero-order chi connectivity index (χ0) is 14.8. The van der Waals surface area contributed by atoms with Gasteiger partial charge in [0.2, 0.25) is 0 Å². The molecule has 0 atom stereocenters. The second kappa shape index (κ2) is 5.69. The number of aromatic hydroxyl groups is 1. The Hall–Kier alpha value is -2.14. The average Bonchev–Trinajstić information content (AvgIpc) is 2.87. The van der Waals surface area contributed by atoms with Crippen LogP contribution in [0.3, 0.4) is 0 Å². The number of H-pyrrole nitrogens is 1. The van der Waals surface area contributed by atoms with Crippen molar-refractivity contribution in [1.82, 2.24) is 9.97 Å². The number of rotatable bonds is 4. The van der Waals surface area contributed by atoms with Crippen LogP contribution in [0.25, 0.3) is 11.0 Å². The summed E-state index contributed by atoms with van der Waals surface area (Å²) >= 11 is 1.66. The van der Waals surface area contributed by atoms with Crippen molar-refractivity contribution in [2.45, 2.75) is 10.9 Å². The molecular weight excluding hydrogens is 282 g/mol. The summed E-state index contributed by atoms with van der Waals surface area (Å²) in [6.07, 6.45) is 0. The maximum Gasteiger partial charge on any atom is 0.166 e. The summed E-state index contributed by atoms with van der Waals surface area (Å²) in [5.41, 5.74) is 4.23. The highest BCUT2D eigenvalue weighted by Gasteiger charge is 2.07. The number of hydrogen-bond donors (Lipinski definition) is 2. The highest BCUT2D eigenvalue weighted by atomic mass is 32.2. The summed E-state index contributed by atoms with van der Waals surface area (Å²) in [4.78, 5) is 9.88. The standard InChI is InChI=1S/C16H17N3OS/c1-19(2)15-6-4-3-5-11(15)10-21-16-17-13-8-7-12(20)9-14(13)18-16/h3-9,20H,10H2,1-2H3,(H,17,18). The van der Waals surface area contributed by atoms with E-state index in [9.17, 15) is 5.11 Å². The molecule has 5 heteroatoms. The molecule has 1 aromatic heterocycles. The highest BCUT2D eigenvalue weighted by molar-refractivity contribution is 7.98. The van der Waals surface area contributed by atoms with E-state index in [1.807, 2.05) is 26.2 Å². The van der Waals surface area contributed by atoms with Gasteiger partial charge < -0.3 is 15.0 Å². The number of imidazole rings is 1. The van der Waals surface area contributed by atoms with E-state index in [1.165, 1.54) is 11.3 Å². The fraction of sp³-hybridized carbons (Fsp3) is 0.188. The van der Waals surface area contributed by atoms with Crippen molar-refractivity contribution in [3.05, 3.63) is 48.0 Å². The Morgan fingerprint density at radius 3 is 2.81 bits per heavy atom. The third kappa shape index (κ3) is 2.97. The minimum atomic E-state index is 0.239. The van der Waals surface area contributed by atoms with Gasteiger partial charge in [0.25, 0.3) is 0 Å². The molecule has 2 aromatic carbocycles. The van der Waals surface area contributed by atoms with Crippen LogP contribution in [-0.2, 0) is 5.75 Å². The van der Waals surface area contributed by atoms with Gasteiger partial charge in [-0.15, -0.1) is 0 Å². The van der Waals surface area contributed by atoms with Crippen molar-refractivity contribution in [3.63, 3.8) is 0 Å². The van der Waals surface area contributed by atoms with E-state index in [4.69, 9.17) is 0 Å². The lowest BCUT2D eigenvalue weighted by Gasteiger charge is -2.16. The largest absolute Gasteiger partial charge is 0.508 e. The van der Waals surface area contributed by atoms with Crippen molar-refractivity contribution >= 4 is 28.5 Å². The van der Waals surface area contributed by atoms with Gasteiger partial charge in [0.05, 0.1) is 11.0 Å². The zero-order valence-electron chi connectivity index (χ0n) is 12.0. The molecule has 0 spiro atoms. The SMILES string of the molecule is CN(C)c1ccccc1CSc1nc2cc(O)ccc2[nH]1. The van der Waals surface area contributed by atoms with E-state index >= 15 is 0 Å². The van der Waals surface area contributed by atoms with E-state index in [0.717, 1.165) is 21.9 Å². The van der Waals surface area contributed by atoms with Gasteiger partial charge in [0.15, 0.2) is 5.16 Å². The first kappa shape index (κ1) is 13.8. The molecule has 0 bridgehead atoms. The molecule has 0 saturated carbocycles. The third-order valence-corrected chi connectivity index (χ3v) is 4.20. The molecule has 0 radical (unpaired) electrons. The van der Waals surface area contributed by atoms with Gasteiger partial charge in [0.1, 0.15) is 5.75 Å². The predicted molar refractivity (Wildman–Crippen MR) is 88.1 cm³/mol. The number of anilines is 1. The lowest BCUT2D eigenvalue weighted by atomic mass is 10.2. The topological polar surface area (TPSA) is 52.1 Å². The fourth-order valence-corrected chi connectivity index (χ4v) is 3.14. The Labute approximate surface area is 127 Å². The van der Waals surface area contributed by atoms with E-state index in [1.54, 1.807) is 23.9 Å². The monoisotopic (exact) mass is 299 g/mol. The number of nitrogens with one attached hydrogen (secondary N) is 1. The van der Waals surface area contributed by atoms with Gasteiger partial charge in [-0.2, -0.15) is 0 Å². The maximum absolute atomic E-state index is 9.48. The average molecular weight is 299 g/mol. The Morgan fingerprint density at radius 2 is 2.00 bits per heavy atom. The number of phenolic OH excluding ortho intramolecular Hbond substituents is 1. The second-order valence-electron chi connectivity index (χ2n) is 5.06. The van der Waals surface area contributed by atoms with Crippen molar-refractivity contribution in [1.29, 1.82) is 0 Å². The molecule has 0 aliphatic carbocycles. The molecule has 1 heterocycles. The van der Waals surface area contributed by atoms with E-state index in [0.29, 0.717) is 0 Å². The molecule has 0 aliphatic rings. The van der Waals surface area contributed by atoms with Crippen LogP contribution in [0.2, 0.25) is 0 Å². The van der Waals surface area contributed by atoms with Gasteiger partial charge in [-0.25, -0.2) is 4.98 Å². The number of hydrogen-bond acceptors (Lipinski definition) is 4. The van der Waals surface area contributed by atoms with Gasteiger partial charge in [-0.1, -0.05) is 30.0 Å². The van der Waals surface area contributed by atoms with E-state index < -0.39 is 0 Å². The van der Waals surface area contributed by atoms with Crippen molar-refractivity contribution in [2.75, 3.05) is 19.0 Å². The quantitative estimate of drug-likeness (QED) is 0.722. The Bertz CT molecular complexity index is 767. The van der Waals surface area contributed by atoms with Gasteiger partial charge in [-0.3, -0.25) is 0 Å². The summed E-state index contributed by atoms with van der Waals surface area (Å²) < 4.78 is 0. The molecule has 3 rings (SSSR count). The first-order valence-corrected chi connectivity index (χ1v) is 7.69. The van der Waals surface area contributed by atoms with Crippen LogP contribution in [0.15, 0.2) is 47.6 Å². The molecule has 108 valence electrons. The molecule has 0 aliphatic heterocycles. The van der Waals surface area contributed by atoms with Crippen LogP contribution >= 0.6 is 11.8 Å².